The lowest BCUT2D eigenvalue weighted by molar-refractivity contribution is -0.150. The van der Waals surface area contributed by atoms with Gasteiger partial charge in [-0.1, -0.05) is 43.8 Å². The van der Waals surface area contributed by atoms with Crippen molar-refractivity contribution >= 4 is 34.8 Å². The van der Waals surface area contributed by atoms with Crippen LogP contribution in [0.4, 0.5) is 4.39 Å². The summed E-state index contributed by atoms with van der Waals surface area (Å²) in [4.78, 5) is 49.2. The molecular formula is C33H29FO7S. The summed E-state index contributed by atoms with van der Waals surface area (Å²) in [5, 5.41) is -0.187. The predicted octanol–water partition coefficient (Wildman–Crippen LogP) is 7.40. The average Bonchev–Trinajstić information content (AvgIpc) is 2.99. The summed E-state index contributed by atoms with van der Waals surface area (Å²) in [6, 6.07) is 20.0. The first-order valence-corrected chi connectivity index (χ1v) is 14.2. The number of hydrogen-bond donors (Lipinski definition) is 0. The minimum absolute atomic E-state index is 0.0282. The monoisotopic (exact) mass is 588 g/mol. The van der Waals surface area contributed by atoms with Gasteiger partial charge in [0, 0.05) is 16.0 Å². The van der Waals surface area contributed by atoms with E-state index in [4.69, 9.17) is 14.2 Å². The molecule has 3 aromatic carbocycles. The van der Waals surface area contributed by atoms with E-state index in [0.717, 1.165) is 55.0 Å². The summed E-state index contributed by atoms with van der Waals surface area (Å²) in [6.07, 6.45) is 4.63. The van der Waals surface area contributed by atoms with E-state index < -0.39 is 23.7 Å². The van der Waals surface area contributed by atoms with E-state index in [2.05, 4.69) is 13.2 Å². The number of hydrogen-bond acceptors (Lipinski definition) is 8. The number of esters is 3. The van der Waals surface area contributed by atoms with Crippen LogP contribution < -0.4 is 9.47 Å². The summed E-state index contributed by atoms with van der Waals surface area (Å²) in [5.41, 5.74) is 2.21. The van der Waals surface area contributed by atoms with E-state index in [0.29, 0.717) is 16.2 Å². The fourth-order valence-corrected chi connectivity index (χ4v) is 4.99. The maximum Gasteiger partial charge on any atom is 0.371 e. The molecule has 0 radical (unpaired) electrons. The molecule has 0 N–H and O–H groups in total. The van der Waals surface area contributed by atoms with Crippen molar-refractivity contribution in [2.24, 2.45) is 0 Å². The molecule has 9 heteroatoms. The van der Waals surface area contributed by atoms with Crippen molar-refractivity contribution in [2.45, 2.75) is 49.5 Å². The van der Waals surface area contributed by atoms with Crippen molar-refractivity contribution in [3.63, 3.8) is 0 Å². The molecule has 0 spiro atoms. The van der Waals surface area contributed by atoms with E-state index in [-0.39, 0.29) is 29.0 Å². The minimum Gasteiger partial charge on any atom is -0.462 e. The van der Waals surface area contributed by atoms with Crippen LogP contribution in [0.15, 0.2) is 102 Å². The lowest BCUT2D eigenvalue weighted by Crippen LogP contribution is -2.22. The zero-order valence-corrected chi connectivity index (χ0v) is 23.6. The molecular weight excluding hydrogens is 559 g/mol. The molecule has 1 aliphatic rings. The molecule has 3 aromatic rings. The zero-order valence-electron chi connectivity index (χ0n) is 22.8. The van der Waals surface area contributed by atoms with Gasteiger partial charge >= 0.3 is 17.9 Å². The summed E-state index contributed by atoms with van der Waals surface area (Å²) >= 11 is 0.999. The Morgan fingerprint density at radius 1 is 0.738 bits per heavy atom. The van der Waals surface area contributed by atoms with Crippen LogP contribution in [0.2, 0.25) is 0 Å². The number of benzene rings is 3. The summed E-state index contributed by atoms with van der Waals surface area (Å²) in [6.45, 7) is 6.56. The normalized spacial score (nSPS) is 13.1. The van der Waals surface area contributed by atoms with Gasteiger partial charge in [-0.15, -0.1) is 0 Å². The fourth-order valence-electron chi connectivity index (χ4n) is 4.25. The largest absolute Gasteiger partial charge is 0.462 e. The molecule has 1 aliphatic carbocycles. The lowest BCUT2D eigenvalue weighted by Gasteiger charge is -2.21. The van der Waals surface area contributed by atoms with Gasteiger partial charge in [0.15, 0.2) is 0 Å². The van der Waals surface area contributed by atoms with Crippen molar-refractivity contribution < 1.29 is 37.8 Å². The Morgan fingerprint density at radius 3 is 1.83 bits per heavy atom. The van der Waals surface area contributed by atoms with Crippen LogP contribution in [0.5, 0.6) is 11.5 Å². The van der Waals surface area contributed by atoms with Crippen LogP contribution in [-0.2, 0) is 19.1 Å². The van der Waals surface area contributed by atoms with Crippen molar-refractivity contribution in [1.82, 2.24) is 0 Å². The molecule has 0 bridgehead atoms. The Labute approximate surface area is 247 Å². The Bertz CT molecular complexity index is 1470. The van der Waals surface area contributed by atoms with Crippen molar-refractivity contribution in [3.05, 3.63) is 103 Å². The topological polar surface area (TPSA) is 96.0 Å². The second-order valence-electron chi connectivity index (χ2n) is 9.68. The van der Waals surface area contributed by atoms with Gasteiger partial charge < -0.3 is 14.2 Å². The van der Waals surface area contributed by atoms with E-state index in [1.54, 1.807) is 60.7 Å². The van der Waals surface area contributed by atoms with E-state index in [1.807, 2.05) is 0 Å². The number of carbonyl (C=O) groups excluding carboxylic acids is 4. The third kappa shape index (κ3) is 8.75. The van der Waals surface area contributed by atoms with Gasteiger partial charge in [0.1, 0.15) is 17.6 Å². The summed E-state index contributed by atoms with van der Waals surface area (Å²) in [5.74, 6) is -3.08. The van der Waals surface area contributed by atoms with Gasteiger partial charge in [0.05, 0.1) is 6.42 Å². The Hall–Kier alpha value is -4.50. The van der Waals surface area contributed by atoms with E-state index in [9.17, 15) is 23.6 Å². The molecule has 0 atom stereocenters. The Morgan fingerprint density at radius 2 is 1.26 bits per heavy atom. The van der Waals surface area contributed by atoms with Gasteiger partial charge in [0.2, 0.25) is 10.9 Å². The smallest absolute Gasteiger partial charge is 0.371 e. The van der Waals surface area contributed by atoms with Crippen LogP contribution in [0.25, 0.3) is 11.1 Å². The third-order valence-electron chi connectivity index (χ3n) is 6.48. The summed E-state index contributed by atoms with van der Waals surface area (Å²) < 4.78 is 28.4. The number of thioether (sulfide) groups is 1. The van der Waals surface area contributed by atoms with Gasteiger partial charge in [-0.2, -0.15) is 4.39 Å². The van der Waals surface area contributed by atoms with Crippen LogP contribution in [0, 0.1) is 0 Å². The van der Waals surface area contributed by atoms with Crippen molar-refractivity contribution in [1.29, 1.82) is 0 Å². The number of carbonyl (C=O) groups is 4. The van der Waals surface area contributed by atoms with E-state index >= 15 is 0 Å². The molecule has 4 rings (SSSR count). The highest BCUT2D eigenvalue weighted by Crippen LogP contribution is 2.28. The highest BCUT2D eigenvalue weighted by molar-refractivity contribution is 8.14. The second-order valence-corrected chi connectivity index (χ2v) is 10.7. The molecule has 216 valence electrons. The highest BCUT2D eigenvalue weighted by atomic mass is 32.2. The van der Waals surface area contributed by atoms with Crippen LogP contribution in [0.3, 0.4) is 0 Å². The van der Waals surface area contributed by atoms with Crippen LogP contribution in [0.1, 0.15) is 48.9 Å². The lowest BCUT2D eigenvalue weighted by atomic mass is 9.98. The maximum absolute atomic E-state index is 12.8. The SMILES string of the molecule is C=C(F)C(=O)Oc1ccc(SC(=O)c2ccc(-c3ccc(OC(=O)C(=C)CC(=O)OC4CCCCC4)cc3)cc2)cc1. The second kappa shape index (κ2) is 14.4. The Balaban J connectivity index is 1.27. The first-order valence-electron chi connectivity index (χ1n) is 13.4. The molecule has 0 amide bonds. The maximum atomic E-state index is 12.8. The fraction of sp³-hybridized carbons (Fsp3) is 0.212. The van der Waals surface area contributed by atoms with Gasteiger partial charge in [-0.3, -0.25) is 9.59 Å². The average molecular weight is 589 g/mol. The first kappa shape index (κ1) is 30.5. The molecule has 1 fully saturated rings. The quantitative estimate of drug-likeness (QED) is 0.105. The standard InChI is InChI=1S/C33H29FO7S/c1-21(20-30(35)39-26-6-4-3-5-7-26)31(36)40-27-14-12-24(13-15-27)23-8-10-25(11-9-23)33(38)42-29-18-16-28(17-19-29)41-32(37)22(2)34/h8-19,26H,1-7,20H2. The minimum atomic E-state index is -1.20. The molecule has 0 aromatic heterocycles. The predicted molar refractivity (Wildman–Crippen MR) is 157 cm³/mol. The molecule has 0 heterocycles. The molecule has 0 aliphatic heterocycles. The molecule has 7 nitrogen and oxygen atoms in total. The van der Waals surface area contributed by atoms with Crippen LogP contribution >= 0.6 is 11.8 Å². The first-order chi connectivity index (χ1) is 20.2. The molecule has 0 unspecified atom stereocenters. The number of rotatable bonds is 10. The van der Waals surface area contributed by atoms with Gasteiger partial charge in [-0.25, -0.2) is 9.59 Å². The Kier molecular flexibility index (Phi) is 10.4. The van der Waals surface area contributed by atoms with Crippen LogP contribution in [-0.4, -0.2) is 29.1 Å². The third-order valence-corrected chi connectivity index (χ3v) is 7.41. The number of halogens is 1. The van der Waals surface area contributed by atoms with Crippen molar-refractivity contribution in [2.75, 3.05) is 0 Å². The van der Waals surface area contributed by atoms with Crippen molar-refractivity contribution in [3.8, 4) is 22.6 Å². The van der Waals surface area contributed by atoms with Gasteiger partial charge in [-0.05, 0) is 97.1 Å². The molecule has 1 saturated carbocycles. The van der Waals surface area contributed by atoms with Gasteiger partial charge in [0.25, 0.3) is 0 Å². The summed E-state index contributed by atoms with van der Waals surface area (Å²) in [7, 11) is 0. The molecule has 42 heavy (non-hydrogen) atoms. The number of ether oxygens (including phenoxy) is 3. The zero-order chi connectivity index (χ0) is 30.1. The van der Waals surface area contributed by atoms with E-state index in [1.165, 1.54) is 12.1 Å². The molecule has 0 saturated heterocycles. The highest BCUT2D eigenvalue weighted by Gasteiger charge is 2.21.